The van der Waals surface area contributed by atoms with Gasteiger partial charge >= 0.3 is 0 Å². The fraction of sp³-hybridized carbons (Fsp3) is 0.0968. The van der Waals surface area contributed by atoms with Crippen LogP contribution in [-0.2, 0) is 9.59 Å². The molecule has 5 N–H and O–H groups in total. The van der Waals surface area contributed by atoms with E-state index in [9.17, 15) is 14.4 Å². The normalized spacial score (nSPS) is 12.5. The van der Waals surface area contributed by atoms with Crippen molar-refractivity contribution in [2.75, 3.05) is 10.6 Å². The van der Waals surface area contributed by atoms with Crippen molar-refractivity contribution in [1.29, 1.82) is 0 Å². The molecule has 0 spiro atoms. The van der Waals surface area contributed by atoms with Crippen LogP contribution < -0.4 is 21.7 Å². The molecular formula is C31H27N5O3. The topological polar surface area (TPSA) is 131 Å². The molecule has 0 unspecified atom stereocenters. The second-order valence-electron chi connectivity index (χ2n) is 9.27. The molecule has 194 valence electrons. The SMILES string of the molecule is C[C@H](C(N)=O)N(C(=O)[C@H](NC(=O)c1ccc2ccnc(N)c2c1)c1ccccc1)c1ccc2ccccc2c1. The number of nitrogens with two attached hydrogens (primary N) is 2. The van der Waals surface area contributed by atoms with E-state index in [0.717, 1.165) is 16.2 Å². The van der Waals surface area contributed by atoms with E-state index in [1.807, 2.05) is 42.5 Å². The van der Waals surface area contributed by atoms with Gasteiger partial charge in [0.25, 0.3) is 11.8 Å². The molecule has 5 rings (SSSR count). The van der Waals surface area contributed by atoms with E-state index in [-0.39, 0.29) is 0 Å². The number of nitrogens with one attached hydrogen (secondary N) is 1. The summed E-state index contributed by atoms with van der Waals surface area (Å²) >= 11 is 0. The number of nitrogen functional groups attached to an aromatic ring is 1. The van der Waals surface area contributed by atoms with Crippen molar-refractivity contribution in [2.45, 2.75) is 19.0 Å². The Bertz CT molecular complexity index is 1700. The van der Waals surface area contributed by atoms with Crippen LogP contribution in [0.15, 0.2) is 103 Å². The molecule has 4 aromatic carbocycles. The molecule has 1 heterocycles. The zero-order valence-electron chi connectivity index (χ0n) is 21.2. The fourth-order valence-corrected chi connectivity index (χ4v) is 4.61. The third-order valence-electron chi connectivity index (χ3n) is 6.76. The molecule has 3 amide bonds. The lowest BCUT2D eigenvalue weighted by Crippen LogP contribution is -2.51. The molecular weight excluding hydrogens is 490 g/mol. The number of benzene rings is 4. The van der Waals surface area contributed by atoms with Gasteiger partial charge in [-0.05, 0) is 59.0 Å². The molecule has 39 heavy (non-hydrogen) atoms. The van der Waals surface area contributed by atoms with Crippen LogP contribution in [0.3, 0.4) is 0 Å². The lowest BCUT2D eigenvalue weighted by molar-refractivity contribution is -0.125. The highest BCUT2D eigenvalue weighted by Crippen LogP contribution is 2.28. The van der Waals surface area contributed by atoms with Crippen molar-refractivity contribution in [3.63, 3.8) is 0 Å². The number of pyridine rings is 1. The number of rotatable bonds is 7. The van der Waals surface area contributed by atoms with Gasteiger partial charge in [-0.25, -0.2) is 4.98 Å². The van der Waals surface area contributed by atoms with Gasteiger partial charge in [0, 0.05) is 22.8 Å². The summed E-state index contributed by atoms with van der Waals surface area (Å²) in [6.07, 6.45) is 1.60. The van der Waals surface area contributed by atoms with Crippen molar-refractivity contribution in [3.8, 4) is 0 Å². The zero-order chi connectivity index (χ0) is 27.5. The highest BCUT2D eigenvalue weighted by molar-refractivity contribution is 6.08. The number of nitrogens with zero attached hydrogens (tertiary/aromatic N) is 2. The number of carbonyl (C=O) groups excluding carboxylic acids is 3. The van der Waals surface area contributed by atoms with Crippen molar-refractivity contribution >= 4 is 50.8 Å². The lowest BCUT2D eigenvalue weighted by Gasteiger charge is -2.32. The first-order chi connectivity index (χ1) is 18.8. The number of anilines is 2. The minimum absolute atomic E-state index is 0.301. The summed E-state index contributed by atoms with van der Waals surface area (Å²) in [6, 6.07) is 26.9. The molecule has 0 aliphatic heterocycles. The second-order valence-corrected chi connectivity index (χ2v) is 9.27. The summed E-state index contributed by atoms with van der Waals surface area (Å²) in [7, 11) is 0. The first-order valence-electron chi connectivity index (χ1n) is 12.4. The Morgan fingerprint density at radius 3 is 2.26 bits per heavy atom. The maximum atomic E-state index is 14.2. The van der Waals surface area contributed by atoms with Crippen LogP contribution >= 0.6 is 0 Å². The average Bonchev–Trinajstić information content (AvgIpc) is 2.96. The third kappa shape index (κ3) is 5.13. The molecule has 0 saturated heterocycles. The largest absolute Gasteiger partial charge is 0.383 e. The summed E-state index contributed by atoms with van der Waals surface area (Å²) in [5.41, 5.74) is 13.1. The highest BCUT2D eigenvalue weighted by atomic mass is 16.2. The fourth-order valence-electron chi connectivity index (χ4n) is 4.61. The van der Waals surface area contributed by atoms with Crippen molar-refractivity contribution in [1.82, 2.24) is 10.3 Å². The van der Waals surface area contributed by atoms with E-state index in [2.05, 4.69) is 10.3 Å². The summed E-state index contributed by atoms with van der Waals surface area (Å²) in [5, 5.41) is 6.22. The maximum Gasteiger partial charge on any atom is 0.254 e. The molecule has 0 aliphatic rings. The molecule has 0 fully saturated rings. The number of primary amides is 1. The van der Waals surface area contributed by atoms with Gasteiger partial charge in [0.2, 0.25) is 5.91 Å². The maximum absolute atomic E-state index is 14.2. The van der Waals surface area contributed by atoms with Crippen LogP contribution in [-0.4, -0.2) is 28.7 Å². The zero-order valence-corrected chi connectivity index (χ0v) is 21.2. The van der Waals surface area contributed by atoms with Gasteiger partial charge in [0.15, 0.2) is 0 Å². The van der Waals surface area contributed by atoms with Crippen molar-refractivity contribution in [2.24, 2.45) is 5.73 Å². The Kier molecular flexibility index (Phi) is 6.93. The Labute approximate surface area is 225 Å². The monoisotopic (exact) mass is 517 g/mol. The van der Waals surface area contributed by atoms with E-state index >= 15 is 0 Å². The van der Waals surface area contributed by atoms with Crippen LogP contribution in [0.2, 0.25) is 0 Å². The number of aromatic nitrogens is 1. The summed E-state index contributed by atoms with van der Waals surface area (Å²) in [5.74, 6) is -1.35. The number of carbonyl (C=O) groups is 3. The van der Waals surface area contributed by atoms with Crippen LogP contribution in [0.4, 0.5) is 11.5 Å². The number of hydrogen-bond donors (Lipinski definition) is 3. The van der Waals surface area contributed by atoms with Crippen LogP contribution in [0.5, 0.6) is 0 Å². The molecule has 8 heteroatoms. The Morgan fingerprint density at radius 2 is 1.51 bits per heavy atom. The predicted octanol–water partition coefficient (Wildman–Crippen LogP) is 4.35. The van der Waals surface area contributed by atoms with E-state index in [1.165, 1.54) is 4.90 Å². The lowest BCUT2D eigenvalue weighted by atomic mass is 10.0. The molecule has 0 bridgehead atoms. The number of amides is 3. The highest BCUT2D eigenvalue weighted by Gasteiger charge is 2.33. The van der Waals surface area contributed by atoms with Gasteiger partial charge in [-0.2, -0.15) is 0 Å². The second kappa shape index (κ2) is 10.6. The minimum Gasteiger partial charge on any atom is -0.383 e. The molecule has 0 saturated carbocycles. The summed E-state index contributed by atoms with van der Waals surface area (Å²) < 4.78 is 0. The van der Waals surface area contributed by atoms with Gasteiger partial charge in [0.05, 0.1) is 0 Å². The summed E-state index contributed by atoms with van der Waals surface area (Å²) in [4.78, 5) is 45.5. The smallest absolute Gasteiger partial charge is 0.254 e. The van der Waals surface area contributed by atoms with E-state index < -0.39 is 29.8 Å². The quantitative estimate of drug-likeness (QED) is 0.295. The molecule has 5 aromatic rings. The Morgan fingerprint density at radius 1 is 0.821 bits per heavy atom. The predicted molar refractivity (Wildman–Crippen MR) is 153 cm³/mol. The summed E-state index contributed by atoms with van der Waals surface area (Å²) in [6.45, 7) is 1.57. The van der Waals surface area contributed by atoms with E-state index in [1.54, 1.807) is 67.7 Å². The molecule has 8 nitrogen and oxygen atoms in total. The van der Waals surface area contributed by atoms with Gasteiger partial charge in [-0.3, -0.25) is 19.3 Å². The molecule has 1 aromatic heterocycles. The Balaban J connectivity index is 1.56. The van der Waals surface area contributed by atoms with E-state index in [4.69, 9.17) is 11.5 Å². The number of fused-ring (bicyclic) bond motifs is 2. The van der Waals surface area contributed by atoms with Crippen LogP contribution in [0, 0.1) is 0 Å². The Hall–Kier alpha value is -5.24. The van der Waals surface area contributed by atoms with Gasteiger partial charge in [-0.1, -0.05) is 66.7 Å². The standard InChI is InChI=1S/C31H27N5O3/c1-19(29(33)37)36(25-14-13-20-7-5-6-10-23(20)17-25)31(39)27(22-8-3-2-4-9-22)35-30(38)24-12-11-21-15-16-34-28(32)26(21)18-24/h2-19,27H,1H3,(H2,32,34)(H2,33,37)(H,35,38)/t19-,27-/m1/s1. The van der Waals surface area contributed by atoms with Gasteiger partial charge in [-0.15, -0.1) is 0 Å². The third-order valence-corrected chi connectivity index (χ3v) is 6.76. The first kappa shape index (κ1) is 25.4. The van der Waals surface area contributed by atoms with Crippen molar-refractivity contribution in [3.05, 3.63) is 114 Å². The molecule has 2 atom stereocenters. The van der Waals surface area contributed by atoms with E-state index in [0.29, 0.717) is 28.0 Å². The minimum atomic E-state index is -1.10. The number of hydrogen-bond acceptors (Lipinski definition) is 5. The first-order valence-corrected chi connectivity index (χ1v) is 12.4. The van der Waals surface area contributed by atoms with Gasteiger partial charge in [0.1, 0.15) is 17.9 Å². The van der Waals surface area contributed by atoms with Crippen LogP contribution in [0.25, 0.3) is 21.5 Å². The van der Waals surface area contributed by atoms with Crippen LogP contribution in [0.1, 0.15) is 28.9 Å². The molecule has 0 aliphatic carbocycles. The average molecular weight is 518 g/mol. The van der Waals surface area contributed by atoms with Gasteiger partial charge < -0.3 is 16.8 Å². The van der Waals surface area contributed by atoms with Crippen molar-refractivity contribution < 1.29 is 14.4 Å². The molecule has 0 radical (unpaired) electrons.